The Morgan fingerprint density at radius 2 is 0.889 bits per heavy atom. The van der Waals surface area contributed by atoms with Crippen LogP contribution in [0, 0.1) is 0 Å². The summed E-state index contributed by atoms with van der Waals surface area (Å²) in [6, 6.07) is 21.5. The van der Waals surface area contributed by atoms with E-state index in [1.165, 1.54) is 62.8 Å². The zero-order valence-corrected chi connectivity index (χ0v) is 30.5. The predicted octanol–water partition coefficient (Wildman–Crippen LogP) is 5.08. The molecule has 0 spiro atoms. The predicted molar refractivity (Wildman–Crippen MR) is 199 cm³/mol. The SMILES string of the molecule is COc1ccc2nc(-c3ccc(OS(=O)(=O)O)cc3)n(CCCCCCn3c(-c4ccc(OS(=O)(=O)O)cc4)nc4ccc(OC)cc4c3=O)c(=O)c2c1. The molecular weight excluding hydrogens is 745 g/mol. The summed E-state index contributed by atoms with van der Waals surface area (Å²) in [5.41, 5.74) is 1.31. The molecule has 0 bridgehead atoms. The highest BCUT2D eigenvalue weighted by molar-refractivity contribution is 7.81. The molecule has 16 nitrogen and oxygen atoms in total. The van der Waals surface area contributed by atoms with Crippen molar-refractivity contribution >= 4 is 42.6 Å². The molecule has 0 aliphatic carbocycles. The number of ether oxygens (including phenoxy) is 2. The van der Waals surface area contributed by atoms with Crippen molar-refractivity contribution in [2.45, 2.75) is 38.8 Å². The van der Waals surface area contributed by atoms with Crippen molar-refractivity contribution in [1.29, 1.82) is 0 Å². The van der Waals surface area contributed by atoms with E-state index >= 15 is 0 Å². The lowest BCUT2D eigenvalue weighted by Gasteiger charge is -2.16. The first-order valence-corrected chi connectivity index (χ1v) is 19.2. The molecule has 0 amide bonds. The smallest absolute Gasteiger partial charge is 0.446 e. The lowest BCUT2D eigenvalue weighted by Crippen LogP contribution is -2.24. The molecule has 6 aromatic rings. The van der Waals surface area contributed by atoms with Gasteiger partial charge in [0.05, 0.1) is 36.0 Å². The summed E-state index contributed by atoms with van der Waals surface area (Å²) in [7, 11) is -6.45. The second-order valence-corrected chi connectivity index (χ2v) is 14.1. The average molecular weight is 779 g/mol. The molecule has 0 radical (unpaired) electrons. The van der Waals surface area contributed by atoms with Crippen LogP contribution in [0.25, 0.3) is 44.6 Å². The van der Waals surface area contributed by atoms with E-state index in [4.69, 9.17) is 28.5 Å². The van der Waals surface area contributed by atoms with E-state index in [1.54, 1.807) is 45.5 Å². The van der Waals surface area contributed by atoms with Crippen molar-refractivity contribution in [3.63, 3.8) is 0 Å². The number of methoxy groups -OCH3 is 2. The fourth-order valence-electron chi connectivity index (χ4n) is 5.97. The summed E-state index contributed by atoms with van der Waals surface area (Å²) in [5.74, 6) is 1.44. The third kappa shape index (κ3) is 8.85. The first kappa shape index (κ1) is 37.9. The Morgan fingerprint density at radius 1 is 0.537 bits per heavy atom. The largest absolute Gasteiger partial charge is 0.497 e. The third-order valence-corrected chi connectivity index (χ3v) is 9.27. The Bertz CT molecular complexity index is 2490. The van der Waals surface area contributed by atoms with Gasteiger partial charge in [-0.05, 0) is 97.8 Å². The van der Waals surface area contributed by atoms with Gasteiger partial charge in [-0.15, -0.1) is 0 Å². The van der Waals surface area contributed by atoms with Crippen LogP contribution in [0.15, 0.2) is 94.5 Å². The van der Waals surface area contributed by atoms with E-state index < -0.39 is 20.8 Å². The Labute approximate surface area is 309 Å². The number of fused-ring (bicyclic) bond motifs is 2. The van der Waals surface area contributed by atoms with Gasteiger partial charge in [0.1, 0.15) is 34.6 Å². The molecule has 6 rings (SSSR count). The van der Waals surface area contributed by atoms with Crippen molar-refractivity contribution in [2.24, 2.45) is 0 Å². The van der Waals surface area contributed by atoms with Gasteiger partial charge in [-0.3, -0.25) is 27.8 Å². The minimum atomic E-state index is -4.72. The van der Waals surface area contributed by atoms with Crippen LogP contribution in [-0.2, 0) is 33.9 Å². The number of nitrogens with zero attached hydrogens (tertiary/aromatic N) is 4. The van der Waals surface area contributed by atoms with Crippen LogP contribution in [0.1, 0.15) is 25.7 Å². The fourth-order valence-corrected chi connectivity index (χ4v) is 6.67. The normalized spacial score (nSPS) is 11.9. The lowest BCUT2D eigenvalue weighted by molar-refractivity contribution is 0.384. The standard InChI is InChI=1S/C36H34N4O12S2/c1-49-27-15-17-31-29(21-27)35(41)39(33(37-31)23-7-11-25(12-8-23)51-53(43,44)45)19-5-3-4-6-20-40-34(24-9-13-26(14-10-24)52-54(46,47)48)38-32-18-16-28(50-2)22-30(32)36(40)42/h7-18,21-22H,3-6,19-20H2,1-2H3,(H,43,44,45)(H,46,47,48). The van der Waals surface area contributed by atoms with Crippen molar-refractivity contribution in [3.05, 3.63) is 106 Å². The molecule has 18 heteroatoms. The number of hydrogen-bond acceptors (Lipinski definition) is 12. The van der Waals surface area contributed by atoms with Crippen LogP contribution < -0.4 is 29.0 Å². The lowest BCUT2D eigenvalue weighted by atomic mass is 10.1. The second-order valence-electron chi connectivity index (χ2n) is 12.0. The molecule has 54 heavy (non-hydrogen) atoms. The minimum absolute atomic E-state index is 0.119. The maximum absolute atomic E-state index is 13.8. The molecule has 282 valence electrons. The monoisotopic (exact) mass is 778 g/mol. The Kier molecular flexibility index (Phi) is 11.0. The van der Waals surface area contributed by atoms with Crippen LogP contribution in [0.5, 0.6) is 23.0 Å². The first-order chi connectivity index (χ1) is 25.7. The van der Waals surface area contributed by atoms with E-state index in [0.717, 1.165) is 0 Å². The molecule has 2 aromatic heterocycles. The summed E-state index contributed by atoms with van der Waals surface area (Å²) in [6.45, 7) is 0.580. The second kappa shape index (κ2) is 15.7. The van der Waals surface area contributed by atoms with Crippen molar-refractivity contribution < 1.29 is 43.8 Å². The van der Waals surface area contributed by atoms with Gasteiger partial charge in [0.25, 0.3) is 11.1 Å². The molecular formula is C36H34N4O12S2. The highest BCUT2D eigenvalue weighted by Gasteiger charge is 2.17. The molecule has 0 unspecified atom stereocenters. The molecule has 0 fully saturated rings. The Morgan fingerprint density at radius 3 is 1.22 bits per heavy atom. The quantitative estimate of drug-likeness (QED) is 0.103. The summed E-state index contributed by atoms with van der Waals surface area (Å²) in [4.78, 5) is 37.1. The summed E-state index contributed by atoms with van der Waals surface area (Å²) in [6.07, 6.45) is 2.48. The average Bonchev–Trinajstić information content (AvgIpc) is 3.13. The maximum Gasteiger partial charge on any atom is 0.446 e. The molecule has 2 heterocycles. The highest BCUT2D eigenvalue weighted by atomic mass is 32.3. The van der Waals surface area contributed by atoms with Crippen LogP contribution in [0.4, 0.5) is 0 Å². The van der Waals surface area contributed by atoms with Gasteiger partial charge in [0.15, 0.2) is 0 Å². The highest BCUT2D eigenvalue weighted by Crippen LogP contribution is 2.27. The van der Waals surface area contributed by atoms with Crippen LogP contribution in [0.3, 0.4) is 0 Å². The van der Waals surface area contributed by atoms with E-state index in [9.17, 15) is 26.4 Å². The molecule has 0 atom stereocenters. The Balaban J connectivity index is 1.23. The van der Waals surface area contributed by atoms with Gasteiger partial charge >= 0.3 is 20.8 Å². The van der Waals surface area contributed by atoms with E-state index in [1.807, 2.05) is 0 Å². The third-order valence-electron chi connectivity index (χ3n) is 8.46. The molecule has 0 aliphatic heterocycles. The van der Waals surface area contributed by atoms with Gasteiger partial charge in [0, 0.05) is 24.2 Å². The van der Waals surface area contributed by atoms with Gasteiger partial charge in [-0.25, -0.2) is 9.97 Å². The zero-order chi connectivity index (χ0) is 38.6. The Hall–Kier alpha value is -5.82. The number of rotatable bonds is 15. The molecule has 4 aromatic carbocycles. The first-order valence-electron chi connectivity index (χ1n) is 16.4. The van der Waals surface area contributed by atoms with Crippen molar-refractivity contribution in [3.8, 4) is 45.8 Å². The number of aromatic nitrogens is 4. The number of hydrogen-bond donors (Lipinski definition) is 2. The number of benzene rings is 4. The fraction of sp³-hybridized carbons (Fsp3) is 0.222. The molecule has 0 saturated carbocycles. The zero-order valence-electron chi connectivity index (χ0n) is 28.9. The van der Waals surface area contributed by atoms with Gasteiger partial charge in [0.2, 0.25) is 0 Å². The maximum atomic E-state index is 13.8. The van der Waals surface area contributed by atoms with Crippen LogP contribution in [-0.4, -0.2) is 59.3 Å². The van der Waals surface area contributed by atoms with Gasteiger partial charge < -0.3 is 17.8 Å². The summed E-state index contributed by atoms with van der Waals surface area (Å²) in [5, 5.41) is 0.712. The molecule has 2 N–H and O–H groups in total. The van der Waals surface area contributed by atoms with Crippen LogP contribution >= 0.6 is 0 Å². The van der Waals surface area contributed by atoms with Crippen molar-refractivity contribution in [1.82, 2.24) is 19.1 Å². The van der Waals surface area contributed by atoms with Gasteiger partial charge in [-0.2, -0.15) is 16.8 Å². The number of unbranched alkanes of at least 4 members (excludes halogenated alkanes) is 3. The molecule has 0 saturated heterocycles. The molecule has 0 aliphatic rings. The van der Waals surface area contributed by atoms with Gasteiger partial charge in [-0.1, -0.05) is 12.8 Å². The van der Waals surface area contributed by atoms with Crippen molar-refractivity contribution in [2.75, 3.05) is 14.2 Å². The van der Waals surface area contributed by atoms with E-state index in [2.05, 4.69) is 8.37 Å². The van der Waals surface area contributed by atoms with Crippen LogP contribution in [0.2, 0.25) is 0 Å². The topological polar surface area (TPSA) is 215 Å². The van der Waals surface area contributed by atoms with E-state index in [-0.39, 0.29) is 35.7 Å². The van der Waals surface area contributed by atoms with E-state index in [0.29, 0.717) is 81.8 Å². The summed E-state index contributed by atoms with van der Waals surface area (Å²) >= 11 is 0. The minimum Gasteiger partial charge on any atom is -0.497 e. The summed E-state index contributed by atoms with van der Waals surface area (Å²) < 4.78 is 85.5.